The second kappa shape index (κ2) is 10.3. The van der Waals surface area contributed by atoms with Gasteiger partial charge in [0, 0.05) is 47.6 Å². The van der Waals surface area contributed by atoms with Crippen LogP contribution in [0.15, 0.2) is 60.1 Å². The van der Waals surface area contributed by atoms with Crippen molar-refractivity contribution in [3.63, 3.8) is 0 Å². The van der Waals surface area contributed by atoms with Crippen LogP contribution in [-0.2, 0) is 4.79 Å². The van der Waals surface area contributed by atoms with Gasteiger partial charge in [0.05, 0.1) is 23.3 Å². The second-order valence-corrected chi connectivity index (χ2v) is 10.7. The van der Waals surface area contributed by atoms with Gasteiger partial charge in [-0.3, -0.25) is 13.6 Å². The van der Waals surface area contributed by atoms with Crippen LogP contribution in [0.5, 0.6) is 0 Å². The van der Waals surface area contributed by atoms with E-state index in [0.717, 1.165) is 27.8 Å². The molecular weight excluding hydrogens is 466 g/mol. The van der Waals surface area contributed by atoms with Crippen molar-refractivity contribution in [1.29, 1.82) is 0 Å². The van der Waals surface area contributed by atoms with E-state index >= 15 is 0 Å². The number of anilines is 2. The molecule has 176 valence electrons. The van der Waals surface area contributed by atoms with Gasteiger partial charge >= 0.3 is 0 Å². The van der Waals surface area contributed by atoms with Crippen molar-refractivity contribution in [3.8, 4) is 11.3 Å². The van der Waals surface area contributed by atoms with Crippen molar-refractivity contribution in [2.24, 2.45) is 0 Å². The third-order valence-corrected chi connectivity index (χ3v) is 6.77. The van der Waals surface area contributed by atoms with Gasteiger partial charge in [0.15, 0.2) is 5.13 Å². The maximum atomic E-state index is 12.9. The standard InChI is InChI=1S/C25H27N5O2S2/c1-16(2)34-30-14-20(19-10-5-6-11-22(19)30)24(32)26-13-23(31)28-25-27-21(15-33-25)17-8-7-9-18(12-17)29(3)4/h5-12,14-16H,13H2,1-4H3,(H,26,32)(H,27,28,31). The molecule has 0 spiro atoms. The van der Waals surface area contributed by atoms with E-state index in [9.17, 15) is 9.59 Å². The van der Waals surface area contributed by atoms with Crippen LogP contribution < -0.4 is 15.5 Å². The van der Waals surface area contributed by atoms with Crippen LogP contribution in [0.25, 0.3) is 22.2 Å². The van der Waals surface area contributed by atoms with Crippen molar-refractivity contribution in [2.45, 2.75) is 19.1 Å². The predicted molar refractivity (Wildman–Crippen MR) is 143 cm³/mol. The van der Waals surface area contributed by atoms with Crippen LogP contribution in [-0.4, -0.2) is 46.7 Å². The number of rotatable bonds is 8. The lowest BCUT2D eigenvalue weighted by molar-refractivity contribution is -0.115. The normalized spacial score (nSPS) is 11.1. The molecule has 0 atom stereocenters. The Balaban J connectivity index is 1.40. The first kappa shape index (κ1) is 23.8. The first-order chi connectivity index (χ1) is 16.3. The number of carbonyl (C=O) groups excluding carboxylic acids is 2. The highest BCUT2D eigenvalue weighted by Crippen LogP contribution is 2.28. The molecule has 0 aliphatic heterocycles. The highest BCUT2D eigenvalue weighted by molar-refractivity contribution is 7.98. The summed E-state index contributed by atoms with van der Waals surface area (Å²) in [5.41, 5.74) is 4.38. The lowest BCUT2D eigenvalue weighted by atomic mass is 10.1. The van der Waals surface area contributed by atoms with Crippen LogP contribution in [0.3, 0.4) is 0 Å². The average Bonchev–Trinajstić information content (AvgIpc) is 3.42. The summed E-state index contributed by atoms with van der Waals surface area (Å²) in [6.07, 6.45) is 1.83. The van der Waals surface area contributed by atoms with E-state index < -0.39 is 0 Å². The lowest BCUT2D eigenvalue weighted by Gasteiger charge is -2.12. The van der Waals surface area contributed by atoms with Crippen molar-refractivity contribution < 1.29 is 9.59 Å². The number of para-hydroxylation sites is 1. The van der Waals surface area contributed by atoms with Crippen molar-refractivity contribution >= 4 is 56.8 Å². The van der Waals surface area contributed by atoms with E-state index in [0.29, 0.717) is 15.9 Å². The first-order valence-electron chi connectivity index (χ1n) is 10.9. The summed E-state index contributed by atoms with van der Waals surface area (Å²) in [5.74, 6) is -0.605. The minimum Gasteiger partial charge on any atom is -0.378 e. The van der Waals surface area contributed by atoms with E-state index in [4.69, 9.17) is 0 Å². The Morgan fingerprint density at radius 1 is 1.15 bits per heavy atom. The molecule has 0 aliphatic carbocycles. The van der Waals surface area contributed by atoms with Crippen molar-refractivity contribution in [3.05, 3.63) is 65.7 Å². The molecule has 0 radical (unpaired) electrons. The van der Waals surface area contributed by atoms with Gasteiger partial charge in [-0.05, 0) is 30.1 Å². The molecule has 2 aromatic carbocycles. The van der Waals surface area contributed by atoms with Gasteiger partial charge in [-0.2, -0.15) is 0 Å². The maximum Gasteiger partial charge on any atom is 0.253 e. The van der Waals surface area contributed by atoms with Crippen LogP contribution in [0.1, 0.15) is 24.2 Å². The number of hydrogen-bond donors (Lipinski definition) is 2. The fourth-order valence-electron chi connectivity index (χ4n) is 3.47. The third kappa shape index (κ3) is 5.43. The number of fused-ring (bicyclic) bond motifs is 1. The number of benzene rings is 2. The minimum atomic E-state index is -0.323. The molecular formula is C25H27N5O2S2. The number of carbonyl (C=O) groups is 2. The van der Waals surface area contributed by atoms with Crippen LogP contribution in [0, 0.1) is 0 Å². The highest BCUT2D eigenvalue weighted by Gasteiger charge is 2.17. The molecule has 0 saturated carbocycles. The number of nitrogens with zero attached hydrogens (tertiary/aromatic N) is 3. The first-order valence-corrected chi connectivity index (χ1v) is 12.6. The van der Waals surface area contributed by atoms with Gasteiger partial charge in [-0.1, -0.05) is 44.2 Å². The molecule has 2 amide bonds. The average molecular weight is 494 g/mol. The van der Waals surface area contributed by atoms with Crippen molar-refractivity contribution in [2.75, 3.05) is 30.9 Å². The monoisotopic (exact) mass is 493 g/mol. The van der Waals surface area contributed by atoms with E-state index in [1.807, 2.05) is 77.0 Å². The summed E-state index contributed by atoms with van der Waals surface area (Å²) in [5, 5.41) is 9.14. The summed E-state index contributed by atoms with van der Waals surface area (Å²) >= 11 is 3.00. The van der Waals surface area contributed by atoms with Gasteiger partial charge in [0.25, 0.3) is 5.91 Å². The second-order valence-electron chi connectivity index (χ2n) is 8.25. The molecule has 0 unspecified atom stereocenters. The number of hydrogen-bond acceptors (Lipinski definition) is 6. The zero-order valence-electron chi connectivity index (χ0n) is 19.5. The van der Waals surface area contributed by atoms with Crippen LogP contribution >= 0.6 is 23.3 Å². The topological polar surface area (TPSA) is 79.3 Å². The van der Waals surface area contributed by atoms with E-state index in [1.54, 1.807) is 11.9 Å². The zero-order chi connectivity index (χ0) is 24.2. The minimum absolute atomic E-state index is 0.138. The summed E-state index contributed by atoms with van der Waals surface area (Å²) in [7, 11) is 3.97. The Bertz CT molecular complexity index is 1330. The molecule has 0 fully saturated rings. The van der Waals surface area contributed by atoms with E-state index in [1.165, 1.54) is 11.3 Å². The Morgan fingerprint density at radius 3 is 2.71 bits per heavy atom. The molecule has 0 saturated heterocycles. The molecule has 2 heterocycles. The van der Waals surface area contributed by atoms with E-state index in [2.05, 4.69) is 35.5 Å². The lowest BCUT2D eigenvalue weighted by Crippen LogP contribution is -2.32. The molecule has 34 heavy (non-hydrogen) atoms. The largest absolute Gasteiger partial charge is 0.378 e. The quantitative estimate of drug-likeness (QED) is 0.357. The number of aromatic nitrogens is 2. The molecule has 2 N–H and O–H groups in total. The van der Waals surface area contributed by atoms with Gasteiger partial charge in [-0.15, -0.1) is 11.3 Å². The SMILES string of the molecule is CC(C)Sn1cc(C(=O)NCC(=O)Nc2nc(-c3cccc(N(C)C)c3)cs2)c2ccccc21. The summed E-state index contributed by atoms with van der Waals surface area (Å²) < 4.78 is 2.01. The fraction of sp³-hybridized carbons (Fsp3) is 0.240. The van der Waals surface area contributed by atoms with Crippen LogP contribution in [0.2, 0.25) is 0 Å². The zero-order valence-corrected chi connectivity index (χ0v) is 21.2. The Hall–Kier alpha value is -3.30. The molecule has 9 heteroatoms. The van der Waals surface area contributed by atoms with Gasteiger partial charge in [-0.25, -0.2) is 4.98 Å². The Labute approximate surface area is 207 Å². The predicted octanol–water partition coefficient (Wildman–Crippen LogP) is 5.10. The smallest absolute Gasteiger partial charge is 0.253 e. The van der Waals surface area contributed by atoms with Crippen molar-refractivity contribution in [1.82, 2.24) is 14.3 Å². The maximum absolute atomic E-state index is 12.9. The summed E-state index contributed by atoms with van der Waals surface area (Å²) in [6.45, 7) is 4.07. The number of amides is 2. The summed E-state index contributed by atoms with van der Waals surface area (Å²) in [6, 6.07) is 15.8. The fourth-order valence-corrected chi connectivity index (χ4v) is 5.10. The molecule has 4 rings (SSSR count). The third-order valence-electron chi connectivity index (χ3n) is 5.07. The molecule has 7 nitrogen and oxygen atoms in total. The molecule has 2 aromatic heterocycles. The molecule has 4 aromatic rings. The van der Waals surface area contributed by atoms with E-state index in [-0.39, 0.29) is 18.4 Å². The molecule has 0 bridgehead atoms. The van der Waals surface area contributed by atoms with Gasteiger partial charge < -0.3 is 15.5 Å². The summed E-state index contributed by atoms with van der Waals surface area (Å²) in [4.78, 5) is 31.9. The van der Waals surface area contributed by atoms with Crippen LogP contribution in [0.4, 0.5) is 10.8 Å². The number of nitrogens with one attached hydrogen (secondary N) is 2. The Morgan fingerprint density at radius 2 is 1.94 bits per heavy atom. The molecule has 0 aliphatic rings. The van der Waals surface area contributed by atoms with Gasteiger partial charge in [0.2, 0.25) is 5.91 Å². The Kier molecular flexibility index (Phi) is 7.23. The number of thiazole rings is 1. The van der Waals surface area contributed by atoms with Gasteiger partial charge in [0.1, 0.15) is 0 Å². The highest BCUT2D eigenvalue weighted by atomic mass is 32.2.